The van der Waals surface area contributed by atoms with Gasteiger partial charge < -0.3 is 15.4 Å². The molecular weight excluding hydrogens is 342 g/mol. The van der Waals surface area contributed by atoms with E-state index in [2.05, 4.69) is 10.6 Å². The number of rotatable bonds is 6. The van der Waals surface area contributed by atoms with E-state index in [4.69, 9.17) is 4.74 Å². The van der Waals surface area contributed by atoms with Crippen LogP contribution in [0.5, 0.6) is 5.75 Å². The first kappa shape index (κ1) is 19.4. The van der Waals surface area contributed by atoms with Crippen LogP contribution in [0.15, 0.2) is 42.5 Å². The van der Waals surface area contributed by atoms with E-state index >= 15 is 0 Å². The van der Waals surface area contributed by atoms with Crippen molar-refractivity contribution in [3.63, 3.8) is 0 Å². The van der Waals surface area contributed by atoms with Gasteiger partial charge in [-0.25, -0.2) is 8.78 Å². The molecule has 2 aromatic rings. The van der Waals surface area contributed by atoms with Gasteiger partial charge >= 0.3 is 0 Å². The normalized spacial score (nSPS) is 11.0. The van der Waals surface area contributed by atoms with Crippen molar-refractivity contribution in [3.8, 4) is 5.75 Å². The maximum absolute atomic E-state index is 13.7. The van der Waals surface area contributed by atoms with Crippen molar-refractivity contribution in [1.29, 1.82) is 0 Å². The fourth-order valence-electron chi connectivity index (χ4n) is 2.14. The molecule has 0 aliphatic rings. The fraction of sp³-hybridized carbons (Fsp3) is 0.263. The Morgan fingerprint density at radius 3 is 2.12 bits per heavy atom. The third kappa shape index (κ3) is 4.36. The van der Waals surface area contributed by atoms with Gasteiger partial charge in [-0.3, -0.25) is 9.59 Å². The summed E-state index contributed by atoms with van der Waals surface area (Å²) in [6, 6.07) is 10.3. The molecule has 0 aromatic heterocycles. The fourth-order valence-corrected chi connectivity index (χ4v) is 2.14. The van der Waals surface area contributed by atoms with Crippen LogP contribution in [-0.4, -0.2) is 18.9 Å². The first-order chi connectivity index (χ1) is 12.3. The highest BCUT2D eigenvalue weighted by molar-refractivity contribution is 6.09. The van der Waals surface area contributed by atoms with Gasteiger partial charge in [0.25, 0.3) is 0 Å². The Hall–Kier alpha value is -2.96. The van der Waals surface area contributed by atoms with Crippen LogP contribution in [0.3, 0.4) is 0 Å². The van der Waals surface area contributed by atoms with E-state index in [0.717, 1.165) is 17.7 Å². The van der Waals surface area contributed by atoms with Crippen molar-refractivity contribution in [1.82, 2.24) is 5.32 Å². The Kier molecular flexibility index (Phi) is 5.92. The molecule has 0 atom stereocenters. The Bertz CT molecular complexity index is 785. The maximum atomic E-state index is 13.7. The largest absolute Gasteiger partial charge is 0.497 e. The molecule has 138 valence electrons. The number of para-hydroxylation sites is 1. The zero-order valence-electron chi connectivity index (χ0n) is 14.7. The van der Waals surface area contributed by atoms with E-state index in [-0.39, 0.29) is 6.54 Å². The Balaban J connectivity index is 2.02. The summed E-state index contributed by atoms with van der Waals surface area (Å²) in [6.07, 6.45) is 0. The van der Waals surface area contributed by atoms with Crippen molar-refractivity contribution in [3.05, 3.63) is 59.7 Å². The number of carbonyl (C=O) groups excluding carboxylic acids is 2. The Labute approximate surface area is 150 Å². The Morgan fingerprint density at radius 1 is 1.00 bits per heavy atom. The van der Waals surface area contributed by atoms with Crippen LogP contribution in [0.4, 0.5) is 14.5 Å². The lowest BCUT2D eigenvalue weighted by Crippen LogP contribution is -2.45. The molecule has 0 bridgehead atoms. The lowest BCUT2D eigenvalue weighted by molar-refractivity contribution is -0.138. The predicted molar refractivity (Wildman–Crippen MR) is 93.6 cm³/mol. The van der Waals surface area contributed by atoms with Crippen LogP contribution in [0, 0.1) is 17.0 Å². The van der Waals surface area contributed by atoms with Crippen molar-refractivity contribution in [2.24, 2.45) is 5.41 Å². The molecule has 7 heteroatoms. The highest BCUT2D eigenvalue weighted by Gasteiger charge is 2.36. The van der Waals surface area contributed by atoms with Gasteiger partial charge in [-0.2, -0.15) is 0 Å². The number of nitrogens with one attached hydrogen (secondary N) is 2. The predicted octanol–water partition coefficient (Wildman–Crippen LogP) is 3.25. The van der Waals surface area contributed by atoms with Crippen LogP contribution >= 0.6 is 0 Å². The van der Waals surface area contributed by atoms with Crippen LogP contribution in [-0.2, 0) is 16.1 Å². The standard InChI is InChI=1S/C19H20F2N2O3/c1-19(2,18(25)23-16-14(20)5-4-6-15(16)21)17(24)22-11-12-7-9-13(26-3)10-8-12/h4-10H,11H2,1-3H3,(H,22,24)(H,23,25). The second-order valence-corrected chi connectivity index (χ2v) is 6.21. The minimum atomic E-state index is -1.53. The summed E-state index contributed by atoms with van der Waals surface area (Å²) >= 11 is 0. The zero-order chi connectivity index (χ0) is 19.3. The second-order valence-electron chi connectivity index (χ2n) is 6.21. The van der Waals surface area contributed by atoms with Crippen molar-refractivity contribution < 1.29 is 23.1 Å². The smallest absolute Gasteiger partial charge is 0.239 e. The molecule has 2 amide bonds. The van der Waals surface area contributed by atoms with Gasteiger partial charge in [0.15, 0.2) is 0 Å². The molecule has 0 saturated heterocycles. The number of hydrogen-bond donors (Lipinski definition) is 2. The molecule has 0 aliphatic heterocycles. The molecule has 0 spiro atoms. The number of benzene rings is 2. The molecule has 0 saturated carbocycles. The van der Waals surface area contributed by atoms with Crippen LogP contribution in [0.2, 0.25) is 0 Å². The number of anilines is 1. The van der Waals surface area contributed by atoms with Gasteiger partial charge in [0, 0.05) is 6.54 Å². The average molecular weight is 362 g/mol. The van der Waals surface area contributed by atoms with E-state index in [1.807, 2.05) is 0 Å². The minimum absolute atomic E-state index is 0.202. The number of hydrogen-bond acceptors (Lipinski definition) is 3. The summed E-state index contributed by atoms with van der Waals surface area (Å²) < 4.78 is 32.4. The topological polar surface area (TPSA) is 67.4 Å². The van der Waals surface area contributed by atoms with E-state index in [1.165, 1.54) is 19.9 Å². The molecular formula is C19H20F2N2O3. The first-order valence-corrected chi connectivity index (χ1v) is 7.92. The average Bonchev–Trinajstić information content (AvgIpc) is 2.62. The maximum Gasteiger partial charge on any atom is 0.239 e. The molecule has 0 aliphatic carbocycles. The third-order valence-electron chi connectivity index (χ3n) is 3.95. The molecule has 2 rings (SSSR count). The second kappa shape index (κ2) is 7.95. The summed E-state index contributed by atoms with van der Waals surface area (Å²) in [6.45, 7) is 2.96. The molecule has 5 nitrogen and oxygen atoms in total. The monoisotopic (exact) mass is 362 g/mol. The van der Waals surface area contributed by atoms with Crippen LogP contribution in [0.1, 0.15) is 19.4 Å². The summed E-state index contributed by atoms with van der Waals surface area (Å²) in [4.78, 5) is 24.7. The van der Waals surface area contributed by atoms with Gasteiger partial charge in [0.05, 0.1) is 7.11 Å². The van der Waals surface area contributed by atoms with E-state index in [9.17, 15) is 18.4 Å². The van der Waals surface area contributed by atoms with E-state index in [0.29, 0.717) is 5.75 Å². The Morgan fingerprint density at radius 2 is 1.58 bits per heavy atom. The summed E-state index contributed by atoms with van der Waals surface area (Å²) in [5, 5.41) is 4.79. The van der Waals surface area contributed by atoms with Gasteiger partial charge in [-0.1, -0.05) is 18.2 Å². The van der Waals surface area contributed by atoms with Crippen LogP contribution in [0.25, 0.3) is 0 Å². The molecule has 0 radical (unpaired) electrons. The number of halogens is 2. The lowest BCUT2D eigenvalue weighted by Gasteiger charge is -2.23. The van der Waals surface area contributed by atoms with Crippen molar-refractivity contribution >= 4 is 17.5 Å². The van der Waals surface area contributed by atoms with Crippen LogP contribution < -0.4 is 15.4 Å². The lowest BCUT2D eigenvalue weighted by atomic mass is 9.90. The van der Waals surface area contributed by atoms with E-state index in [1.54, 1.807) is 31.4 Å². The highest BCUT2D eigenvalue weighted by atomic mass is 19.1. The van der Waals surface area contributed by atoms with Gasteiger partial charge in [-0.15, -0.1) is 0 Å². The quantitative estimate of drug-likeness (QED) is 0.775. The highest BCUT2D eigenvalue weighted by Crippen LogP contribution is 2.23. The van der Waals surface area contributed by atoms with Gasteiger partial charge in [0.2, 0.25) is 11.8 Å². The summed E-state index contributed by atoms with van der Waals surface area (Å²) in [5.41, 5.74) is -1.29. The first-order valence-electron chi connectivity index (χ1n) is 7.92. The molecule has 0 fully saturated rings. The summed E-state index contributed by atoms with van der Waals surface area (Å²) in [7, 11) is 1.55. The van der Waals surface area contributed by atoms with Crippen molar-refractivity contribution in [2.75, 3.05) is 12.4 Å². The molecule has 2 aromatic carbocycles. The zero-order valence-corrected chi connectivity index (χ0v) is 14.7. The third-order valence-corrected chi connectivity index (χ3v) is 3.95. The van der Waals surface area contributed by atoms with Gasteiger partial charge in [-0.05, 0) is 43.7 Å². The number of amides is 2. The number of ether oxygens (including phenoxy) is 1. The minimum Gasteiger partial charge on any atom is -0.497 e. The molecule has 26 heavy (non-hydrogen) atoms. The van der Waals surface area contributed by atoms with E-state index < -0.39 is 34.6 Å². The van der Waals surface area contributed by atoms with Crippen molar-refractivity contribution in [2.45, 2.75) is 20.4 Å². The molecule has 0 unspecified atom stereocenters. The number of carbonyl (C=O) groups is 2. The SMILES string of the molecule is COc1ccc(CNC(=O)C(C)(C)C(=O)Nc2c(F)cccc2F)cc1. The molecule has 0 heterocycles. The summed E-state index contributed by atoms with van der Waals surface area (Å²) in [5.74, 6) is -2.51. The number of methoxy groups -OCH3 is 1. The molecule has 2 N–H and O–H groups in total. The van der Waals surface area contributed by atoms with Gasteiger partial charge in [0.1, 0.15) is 28.5 Å².